The zero-order valence-corrected chi connectivity index (χ0v) is 22.1. The van der Waals surface area contributed by atoms with E-state index < -0.39 is 15.5 Å². The van der Waals surface area contributed by atoms with Gasteiger partial charge in [0.1, 0.15) is 7.91 Å². The van der Waals surface area contributed by atoms with Crippen molar-refractivity contribution in [1.82, 2.24) is 0 Å². The summed E-state index contributed by atoms with van der Waals surface area (Å²) in [6.07, 6.45) is 0. The zero-order valence-electron chi connectivity index (χ0n) is 20.3. The third-order valence-corrected chi connectivity index (χ3v) is 12.6. The van der Waals surface area contributed by atoms with Gasteiger partial charge < -0.3 is 9.34 Å². The van der Waals surface area contributed by atoms with Crippen LogP contribution in [0.5, 0.6) is 0 Å². The Labute approximate surface area is 197 Å². The van der Waals surface area contributed by atoms with Gasteiger partial charge in [0.15, 0.2) is 0 Å². The second kappa shape index (κ2) is 9.17. The van der Waals surface area contributed by atoms with E-state index in [9.17, 15) is 0 Å². The van der Waals surface area contributed by atoms with Crippen LogP contribution in [0.25, 0.3) is 0 Å². The van der Waals surface area contributed by atoms with Crippen LogP contribution in [-0.4, -0.2) is 13.1 Å². The number of anilines is 2. The second-order valence-corrected chi connectivity index (χ2v) is 16.4. The van der Waals surface area contributed by atoms with Crippen molar-refractivity contribution in [3.05, 3.63) is 84.9 Å². The zero-order chi connectivity index (χ0) is 22.9. The number of benzene rings is 3. The van der Waals surface area contributed by atoms with Crippen molar-refractivity contribution in [2.24, 2.45) is 10.8 Å². The fraction of sp³-hybridized carbons (Fsp3) is 0.357. The fourth-order valence-corrected chi connectivity index (χ4v) is 12.6. The minimum atomic E-state index is -0.612. The normalized spacial score (nSPS) is 14.8. The monoisotopic (exact) mass is 462 g/mol. The molecule has 0 fully saturated rings. The summed E-state index contributed by atoms with van der Waals surface area (Å²) in [7, 11) is -1.18. The molecular formula is C28H36N2P2. The van der Waals surface area contributed by atoms with Gasteiger partial charge >= 0.3 is 0 Å². The molecule has 1 heterocycles. The van der Waals surface area contributed by atoms with Crippen LogP contribution in [0.3, 0.4) is 0 Å². The Morgan fingerprint density at radius 2 is 0.906 bits per heavy atom. The van der Waals surface area contributed by atoms with Gasteiger partial charge in [-0.05, 0) is 33.6 Å². The van der Waals surface area contributed by atoms with Crippen molar-refractivity contribution < 1.29 is 0 Å². The van der Waals surface area contributed by atoms with E-state index in [1.807, 2.05) is 0 Å². The highest BCUT2D eigenvalue weighted by molar-refractivity contribution is 8.37. The van der Waals surface area contributed by atoms with Crippen molar-refractivity contribution in [2.45, 2.75) is 41.5 Å². The first-order valence-electron chi connectivity index (χ1n) is 11.5. The van der Waals surface area contributed by atoms with Gasteiger partial charge in [0, 0.05) is 20.7 Å². The molecule has 0 atom stereocenters. The molecule has 3 aromatic carbocycles. The average molecular weight is 463 g/mol. The van der Waals surface area contributed by atoms with Crippen LogP contribution in [0.2, 0.25) is 0 Å². The Balaban J connectivity index is 1.92. The summed E-state index contributed by atoms with van der Waals surface area (Å²) in [6.45, 7) is 16.3. The topological polar surface area (TPSA) is 6.48 Å². The molecule has 0 saturated heterocycles. The molecular weight excluding hydrogens is 426 g/mol. The number of hydrogen-bond donors (Lipinski definition) is 0. The lowest BCUT2D eigenvalue weighted by Crippen LogP contribution is -2.34. The van der Waals surface area contributed by atoms with E-state index in [0.717, 1.165) is 13.1 Å². The van der Waals surface area contributed by atoms with Crippen LogP contribution in [-0.2, 0) is 0 Å². The Kier molecular flexibility index (Phi) is 6.67. The molecule has 32 heavy (non-hydrogen) atoms. The largest absolute Gasteiger partial charge is 0.328 e. The minimum absolute atomic E-state index is 0.208. The SMILES string of the molecule is CC(C)(C)CN1c2ccccc2N(CC(C)(C)C)P1P(c1ccccc1)c1ccccc1. The van der Waals surface area contributed by atoms with Crippen LogP contribution in [0.4, 0.5) is 11.4 Å². The summed E-state index contributed by atoms with van der Waals surface area (Å²) >= 11 is 0. The van der Waals surface area contributed by atoms with Crippen molar-refractivity contribution in [3.63, 3.8) is 0 Å². The molecule has 0 N–H and O–H groups in total. The maximum atomic E-state index is 2.77. The van der Waals surface area contributed by atoms with Crippen molar-refractivity contribution >= 4 is 37.5 Å². The molecule has 0 amide bonds. The predicted octanol–water partition coefficient (Wildman–Crippen LogP) is 7.77. The first kappa shape index (κ1) is 23.3. The molecule has 168 valence electrons. The second-order valence-electron chi connectivity index (χ2n) is 11.0. The third kappa shape index (κ3) is 5.19. The average Bonchev–Trinajstić information content (AvgIpc) is 3.01. The maximum absolute atomic E-state index is 2.77. The molecule has 2 nitrogen and oxygen atoms in total. The van der Waals surface area contributed by atoms with E-state index in [-0.39, 0.29) is 10.8 Å². The number of fused-ring (bicyclic) bond motifs is 1. The third-order valence-electron chi connectivity index (χ3n) is 5.30. The van der Waals surface area contributed by atoms with E-state index in [0.29, 0.717) is 0 Å². The smallest absolute Gasteiger partial charge is 0.130 e. The highest BCUT2D eigenvalue weighted by Gasteiger charge is 2.44. The molecule has 0 radical (unpaired) electrons. The van der Waals surface area contributed by atoms with Crippen molar-refractivity contribution in [3.8, 4) is 0 Å². The van der Waals surface area contributed by atoms with Crippen molar-refractivity contribution in [2.75, 3.05) is 22.4 Å². The van der Waals surface area contributed by atoms with Crippen molar-refractivity contribution in [1.29, 1.82) is 0 Å². The molecule has 0 saturated carbocycles. The summed E-state index contributed by atoms with van der Waals surface area (Å²) in [5.41, 5.74) is 3.22. The Bertz CT molecular complexity index is 940. The van der Waals surface area contributed by atoms with E-state index in [2.05, 4.69) is 136 Å². The van der Waals surface area contributed by atoms with Gasteiger partial charge in [0.25, 0.3) is 0 Å². The minimum Gasteiger partial charge on any atom is -0.328 e. The van der Waals surface area contributed by atoms with E-state index in [1.54, 1.807) is 0 Å². The number of nitrogens with zero attached hydrogens (tertiary/aromatic N) is 2. The Hall–Kier alpha value is -1.88. The van der Waals surface area contributed by atoms with Gasteiger partial charge in [-0.3, -0.25) is 0 Å². The van der Waals surface area contributed by atoms with Gasteiger partial charge in [-0.15, -0.1) is 0 Å². The molecule has 1 aliphatic heterocycles. The van der Waals surface area contributed by atoms with Gasteiger partial charge in [0.2, 0.25) is 0 Å². The molecule has 0 aliphatic carbocycles. The molecule has 3 aromatic rings. The summed E-state index contributed by atoms with van der Waals surface area (Å²) in [4.78, 5) is 0. The summed E-state index contributed by atoms with van der Waals surface area (Å²) in [5.74, 6) is 0. The Morgan fingerprint density at radius 1 is 0.562 bits per heavy atom. The standard InChI is InChI=1S/C28H36N2P2/c1-27(2,3)21-29-25-19-13-14-20-26(25)30(22-28(4,5)6)32(29)31(23-15-9-7-10-16-23)24-17-11-8-12-18-24/h7-20H,21-22H2,1-6H3. The van der Waals surface area contributed by atoms with Gasteiger partial charge in [0.05, 0.1) is 11.4 Å². The fourth-order valence-electron chi connectivity index (χ4n) is 4.13. The molecule has 1 aliphatic rings. The van der Waals surface area contributed by atoms with E-state index >= 15 is 0 Å². The summed E-state index contributed by atoms with van der Waals surface area (Å²) < 4.78 is 5.53. The van der Waals surface area contributed by atoms with Crippen LogP contribution >= 0.6 is 15.5 Å². The molecule has 4 rings (SSSR count). The molecule has 0 spiro atoms. The molecule has 0 aromatic heterocycles. The maximum Gasteiger partial charge on any atom is 0.130 e. The first-order valence-corrected chi connectivity index (χ1v) is 14.8. The van der Waals surface area contributed by atoms with E-state index in [1.165, 1.54) is 22.0 Å². The lowest BCUT2D eigenvalue weighted by Gasteiger charge is -2.42. The quantitative estimate of drug-likeness (QED) is 0.358. The molecule has 0 unspecified atom stereocenters. The number of para-hydroxylation sites is 2. The van der Waals surface area contributed by atoms with Crippen LogP contribution in [0.1, 0.15) is 41.5 Å². The van der Waals surface area contributed by atoms with Crippen LogP contribution < -0.4 is 19.9 Å². The van der Waals surface area contributed by atoms with Crippen LogP contribution in [0, 0.1) is 10.8 Å². The lowest BCUT2D eigenvalue weighted by atomic mass is 9.96. The van der Waals surface area contributed by atoms with Gasteiger partial charge in [-0.2, -0.15) is 0 Å². The highest BCUT2D eigenvalue weighted by Crippen LogP contribution is 2.77. The van der Waals surface area contributed by atoms with Crippen LogP contribution in [0.15, 0.2) is 84.9 Å². The predicted molar refractivity (Wildman–Crippen MR) is 146 cm³/mol. The van der Waals surface area contributed by atoms with Gasteiger partial charge in [-0.1, -0.05) is 114 Å². The Morgan fingerprint density at radius 3 is 1.25 bits per heavy atom. The highest BCUT2D eigenvalue weighted by atomic mass is 32.1. The lowest BCUT2D eigenvalue weighted by molar-refractivity contribution is 0.429. The summed E-state index contributed by atoms with van der Waals surface area (Å²) in [5, 5.41) is 2.93. The van der Waals surface area contributed by atoms with E-state index in [4.69, 9.17) is 0 Å². The number of rotatable bonds is 5. The first-order chi connectivity index (χ1) is 15.1. The summed E-state index contributed by atoms with van der Waals surface area (Å²) in [6, 6.07) is 31.5. The van der Waals surface area contributed by atoms with Gasteiger partial charge in [-0.25, -0.2) is 0 Å². The number of hydrogen-bond acceptors (Lipinski definition) is 2. The molecule has 0 bridgehead atoms. The molecule has 4 heteroatoms.